The summed E-state index contributed by atoms with van der Waals surface area (Å²) in [4.78, 5) is 21.6. The van der Waals surface area contributed by atoms with Gasteiger partial charge in [-0.15, -0.1) is 5.10 Å². The first-order chi connectivity index (χ1) is 6.59. The molecule has 0 aliphatic heterocycles. The molecule has 7 nitrogen and oxygen atoms in total. The Labute approximate surface area is 79.0 Å². The fourth-order valence-corrected chi connectivity index (χ4v) is 0.828. The van der Waals surface area contributed by atoms with E-state index in [0.717, 1.165) is 4.80 Å². The minimum Gasteiger partial charge on any atom is -0.481 e. The van der Waals surface area contributed by atoms with Crippen molar-refractivity contribution in [3.05, 3.63) is 11.9 Å². The molecule has 0 amide bonds. The Morgan fingerprint density at radius 1 is 1.43 bits per heavy atom. The normalized spacial score (nSPS) is 10.0. The summed E-state index contributed by atoms with van der Waals surface area (Å²) < 4.78 is 0. The third-order valence-electron chi connectivity index (χ3n) is 1.44. The predicted molar refractivity (Wildman–Crippen MR) is 42.7 cm³/mol. The highest BCUT2D eigenvalue weighted by Gasteiger charge is 2.08. The average Bonchev–Trinajstić information content (AvgIpc) is 2.52. The van der Waals surface area contributed by atoms with Crippen molar-refractivity contribution in [3.63, 3.8) is 0 Å². The summed E-state index contributed by atoms with van der Waals surface area (Å²) in [5, 5.41) is 23.9. The van der Waals surface area contributed by atoms with E-state index in [-0.39, 0.29) is 18.7 Å². The summed E-state index contributed by atoms with van der Waals surface area (Å²) >= 11 is 0. The van der Waals surface area contributed by atoms with E-state index in [0.29, 0.717) is 6.42 Å². The molecule has 1 aromatic heterocycles. The van der Waals surface area contributed by atoms with Gasteiger partial charge in [-0.1, -0.05) is 0 Å². The topological polar surface area (TPSA) is 105 Å². The van der Waals surface area contributed by atoms with E-state index in [4.69, 9.17) is 10.2 Å². The molecule has 7 heteroatoms. The smallest absolute Gasteiger partial charge is 0.358 e. The van der Waals surface area contributed by atoms with Gasteiger partial charge in [0.25, 0.3) is 0 Å². The van der Waals surface area contributed by atoms with Crippen molar-refractivity contribution >= 4 is 11.9 Å². The summed E-state index contributed by atoms with van der Waals surface area (Å²) in [6.07, 6.45) is 2.56. The molecule has 2 N–H and O–H groups in total. The number of hydrogen-bond acceptors (Lipinski definition) is 4. The quantitative estimate of drug-likeness (QED) is 0.669. The molecule has 1 aromatic rings. The van der Waals surface area contributed by atoms with E-state index in [1.807, 2.05) is 0 Å². The molecule has 1 heterocycles. The molecular weight excluding hydrogens is 190 g/mol. The number of rotatable bonds is 5. The number of aromatic carboxylic acids is 1. The van der Waals surface area contributed by atoms with Crippen molar-refractivity contribution in [2.24, 2.45) is 0 Å². The van der Waals surface area contributed by atoms with Crippen LogP contribution in [-0.4, -0.2) is 37.1 Å². The molecule has 1 rings (SSSR count). The Kier molecular flexibility index (Phi) is 3.16. The van der Waals surface area contributed by atoms with Gasteiger partial charge in [0.05, 0.1) is 6.54 Å². The van der Waals surface area contributed by atoms with Crippen LogP contribution in [0.1, 0.15) is 23.3 Å². The van der Waals surface area contributed by atoms with Crippen LogP contribution in [0, 0.1) is 6.20 Å². The van der Waals surface area contributed by atoms with Gasteiger partial charge >= 0.3 is 11.9 Å². The lowest BCUT2D eigenvalue weighted by molar-refractivity contribution is -0.137. The summed E-state index contributed by atoms with van der Waals surface area (Å²) in [5.41, 5.74) is -0.264. The molecule has 0 saturated carbocycles. The van der Waals surface area contributed by atoms with Gasteiger partial charge in [0.15, 0.2) is 11.9 Å². The Morgan fingerprint density at radius 3 is 2.64 bits per heavy atom. The minimum atomic E-state index is -1.20. The van der Waals surface area contributed by atoms with E-state index in [2.05, 4.69) is 16.4 Å². The van der Waals surface area contributed by atoms with E-state index in [1.165, 1.54) is 0 Å². The van der Waals surface area contributed by atoms with Gasteiger partial charge in [-0.2, -0.15) is 9.90 Å². The van der Waals surface area contributed by atoms with E-state index >= 15 is 0 Å². The van der Waals surface area contributed by atoms with Crippen molar-refractivity contribution in [2.75, 3.05) is 0 Å². The van der Waals surface area contributed by atoms with E-state index in [9.17, 15) is 9.59 Å². The van der Waals surface area contributed by atoms with Crippen LogP contribution in [0.2, 0.25) is 0 Å². The highest BCUT2D eigenvalue weighted by atomic mass is 16.4. The highest BCUT2D eigenvalue weighted by molar-refractivity contribution is 5.84. The molecule has 0 fully saturated rings. The maximum absolute atomic E-state index is 10.4. The monoisotopic (exact) mass is 198 g/mol. The molecule has 0 aromatic carbocycles. The zero-order valence-corrected chi connectivity index (χ0v) is 7.17. The molecule has 0 bridgehead atoms. The molecule has 0 aliphatic carbocycles. The molecule has 0 atom stereocenters. The standard InChI is InChI=1S/C7H8N3O4/c11-6(12)2-1-3-10-8-4-5(9-10)7(13)14/h1-3H2,(H,11,12)(H,13,14). The maximum atomic E-state index is 10.4. The highest BCUT2D eigenvalue weighted by Crippen LogP contribution is 1.95. The van der Waals surface area contributed by atoms with Gasteiger partial charge in [0.1, 0.15) is 0 Å². The van der Waals surface area contributed by atoms with Crippen LogP contribution in [0.25, 0.3) is 0 Å². The van der Waals surface area contributed by atoms with Crippen LogP contribution >= 0.6 is 0 Å². The molecule has 0 spiro atoms. The molecule has 0 unspecified atom stereocenters. The lowest BCUT2D eigenvalue weighted by atomic mass is 10.3. The zero-order chi connectivity index (χ0) is 10.6. The number of aryl methyl sites for hydroxylation is 1. The first kappa shape index (κ1) is 10.2. The number of aromatic nitrogens is 3. The Hall–Kier alpha value is -1.92. The maximum Gasteiger partial charge on any atom is 0.358 e. The van der Waals surface area contributed by atoms with Crippen molar-refractivity contribution in [2.45, 2.75) is 19.4 Å². The number of carboxylic acids is 2. The van der Waals surface area contributed by atoms with Gasteiger partial charge in [-0.3, -0.25) is 4.79 Å². The van der Waals surface area contributed by atoms with Crippen LogP contribution in [0.5, 0.6) is 0 Å². The van der Waals surface area contributed by atoms with Gasteiger partial charge in [0.2, 0.25) is 0 Å². The number of aliphatic carboxylic acids is 1. The number of carbonyl (C=O) groups is 2. The second-order valence-electron chi connectivity index (χ2n) is 2.56. The van der Waals surface area contributed by atoms with Gasteiger partial charge < -0.3 is 10.2 Å². The van der Waals surface area contributed by atoms with Crippen LogP contribution in [0.4, 0.5) is 0 Å². The zero-order valence-electron chi connectivity index (χ0n) is 7.17. The van der Waals surface area contributed by atoms with Gasteiger partial charge in [-0.25, -0.2) is 4.79 Å². The summed E-state index contributed by atoms with van der Waals surface area (Å²) in [6.45, 7) is 0.274. The summed E-state index contributed by atoms with van der Waals surface area (Å²) in [6, 6.07) is 0. The first-order valence-corrected chi connectivity index (χ1v) is 3.87. The Morgan fingerprint density at radius 2 is 2.14 bits per heavy atom. The fourth-order valence-electron chi connectivity index (χ4n) is 0.828. The molecule has 14 heavy (non-hydrogen) atoms. The first-order valence-electron chi connectivity index (χ1n) is 3.87. The van der Waals surface area contributed by atoms with Gasteiger partial charge in [-0.05, 0) is 6.42 Å². The number of hydrogen-bond donors (Lipinski definition) is 2. The summed E-state index contributed by atoms with van der Waals surface area (Å²) in [5.74, 6) is -2.10. The average molecular weight is 198 g/mol. The molecule has 1 radical (unpaired) electrons. The second-order valence-corrected chi connectivity index (χ2v) is 2.56. The lowest BCUT2D eigenvalue weighted by Gasteiger charge is -1.95. The Balaban J connectivity index is 2.44. The van der Waals surface area contributed by atoms with Crippen molar-refractivity contribution in [1.29, 1.82) is 0 Å². The van der Waals surface area contributed by atoms with Gasteiger partial charge in [0, 0.05) is 6.42 Å². The van der Waals surface area contributed by atoms with Crippen LogP contribution in [-0.2, 0) is 11.3 Å². The van der Waals surface area contributed by atoms with Crippen molar-refractivity contribution < 1.29 is 19.8 Å². The minimum absolute atomic E-state index is 0.00391. The molecule has 0 aliphatic rings. The van der Waals surface area contributed by atoms with Crippen molar-refractivity contribution in [3.8, 4) is 0 Å². The van der Waals surface area contributed by atoms with E-state index in [1.54, 1.807) is 0 Å². The lowest BCUT2D eigenvalue weighted by Crippen LogP contribution is -2.06. The molecule has 75 valence electrons. The third-order valence-corrected chi connectivity index (χ3v) is 1.44. The van der Waals surface area contributed by atoms with Crippen LogP contribution in [0.3, 0.4) is 0 Å². The second kappa shape index (κ2) is 4.35. The van der Waals surface area contributed by atoms with Crippen LogP contribution < -0.4 is 0 Å². The Bertz CT molecular complexity index is 346. The molecular formula is C7H8N3O4. The fraction of sp³-hybridized carbons (Fsp3) is 0.429. The molecule has 0 saturated heterocycles. The third kappa shape index (κ3) is 2.85. The van der Waals surface area contributed by atoms with Crippen LogP contribution in [0.15, 0.2) is 0 Å². The SMILES string of the molecule is O=C(O)CCCn1n[c]c(C(=O)O)n1. The van der Waals surface area contributed by atoms with Crippen molar-refractivity contribution in [1.82, 2.24) is 15.0 Å². The number of carboxylic acid groups (broad SMARTS) is 2. The van der Waals surface area contributed by atoms with E-state index < -0.39 is 11.9 Å². The largest absolute Gasteiger partial charge is 0.481 e. The summed E-state index contributed by atoms with van der Waals surface area (Å²) in [7, 11) is 0. The number of nitrogens with zero attached hydrogens (tertiary/aromatic N) is 3. The predicted octanol–water partition coefficient (Wildman–Crippen LogP) is -0.359.